The minimum absolute atomic E-state index is 0.232. The second-order valence-electron chi connectivity index (χ2n) is 4.30. The zero-order valence-electron chi connectivity index (χ0n) is 9.53. The Balaban J connectivity index is 2.29. The van der Waals surface area contributed by atoms with Gasteiger partial charge in [0.05, 0.1) is 0 Å². The summed E-state index contributed by atoms with van der Waals surface area (Å²) in [6.07, 6.45) is 1.15. The van der Waals surface area contributed by atoms with Crippen molar-refractivity contribution in [2.24, 2.45) is 0 Å². The van der Waals surface area contributed by atoms with Gasteiger partial charge in [-0.15, -0.1) is 0 Å². The standard InChI is InChI=1S/C13H19NO/c1-3-14-7-6-12-8-11(10(2)9-15)4-5-13(12)14/h4-5,8,10,15H,3,6-7,9H2,1-2H3. The molecule has 1 aromatic rings. The van der Waals surface area contributed by atoms with E-state index in [1.807, 2.05) is 0 Å². The van der Waals surface area contributed by atoms with Crippen LogP contribution in [0.2, 0.25) is 0 Å². The summed E-state index contributed by atoms with van der Waals surface area (Å²) < 4.78 is 0. The summed E-state index contributed by atoms with van der Waals surface area (Å²) in [6.45, 7) is 6.72. The fraction of sp³-hybridized carbons (Fsp3) is 0.538. The first-order valence-electron chi connectivity index (χ1n) is 5.75. The molecule has 2 nitrogen and oxygen atoms in total. The number of nitrogens with zero attached hydrogens (tertiary/aromatic N) is 1. The van der Waals surface area contributed by atoms with Crippen molar-refractivity contribution in [3.63, 3.8) is 0 Å². The van der Waals surface area contributed by atoms with Crippen LogP contribution in [0.25, 0.3) is 0 Å². The smallest absolute Gasteiger partial charge is 0.0497 e. The zero-order chi connectivity index (χ0) is 10.8. The molecule has 0 saturated heterocycles. The normalized spacial score (nSPS) is 16.6. The van der Waals surface area contributed by atoms with Gasteiger partial charge in [0, 0.05) is 31.3 Å². The van der Waals surface area contributed by atoms with Gasteiger partial charge in [-0.05, 0) is 30.5 Å². The molecule has 15 heavy (non-hydrogen) atoms. The molecule has 0 aliphatic carbocycles. The fourth-order valence-corrected chi connectivity index (χ4v) is 2.23. The number of rotatable bonds is 3. The van der Waals surface area contributed by atoms with Crippen LogP contribution in [0.5, 0.6) is 0 Å². The van der Waals surface area contributed by atoms with E-state index in [1.165, 1.54) is 16.8 Å². The summed E-state index contributed by atoms with van der Waals surface area (Å²) in [4.78, 5) is 2.41. The highest BCUT2D eigenvalue weighted by molar-refractivity contribution is 5.59. The summed E-state index contributed by atoms with van der Waals surface area (Å²) in [5.74, 6) is 0.256. The Labute approximate surface area is 91.5 Å². The van der Waals surface area contributed by atoms with Gasteiger partial charge in [0.1, 0.15) is 0 Å². The molecular formula is C13H19NO. The molecule has 0 radical (unpaired) electrons. The van der Waals surface area contributed by atoms with Crippen LogP contribution in [0, 0.1) is 0 Å². The molecule has 1 aliphatic heterocycles. The molecule has 82 valence electrons. The Kier molecular flexibility index (Phi) is 2.96. The van der Waals surface area contributed by atoms with Crippen LogP contribution in [-0.4, -0.2) is 24.8 Å². The Morgan fingerprint density at radius 1 is 1.47 bits per heavy atom. The maximum atomic E-state index is 9.12. The van der Waals surface area contributed by atoms with Crippen molar-refractivity contribution >= 4 is 5.69 Å². The van der Waals surface area contributed by atoms with Gasteiger partial charge in [0.2, 0.25) is 0 Å². The van der Waals surface area contributed by atoms with E-state index < -0.39 is 0 Å². The number of likely N-dealkylation sites (N-methyl/N-ethyl adjacent to an activating group) is 1. The predicted molar refractivity (Wildman–Crippen MR) is 63.5 cm³/mol. The van der Waals surface area contributed by atoms with Crippen LogP contribution in [0.4, 0.5) is 5.69 Å². The summed E-state index contributed by atoms with van der Waals surface area (Å²) in [5.41, 5.74) is 4.08. The van der Waals surface area contributed by atoms with Crippen molar-refractivity contribution < 1.29 is 5.11 Å². The monoisotopic (exact) mass is 205 g/mol. The fourth-order valence-electron chi connectivity index (χ4n) is 2.23. The van der Waals surface area contributed by atoms with Gasteiger partial charge in [-0.1, -0.05) is 19.1 Å². The summed E-state index contributed by atoms with van der Waals surface area (Å²) in [6, 6.07) is 6.60. The first-order valence-corrected chi connectivity index (χ1v) is 5.75. The largest absolute Gasteiger partial charge is 0.396 e. The van der Waals surface area contributed by atoms with Gasteiger partial charge >= 0.3 is 0 Å². The van der Waals surface area contributed by atoms with E-state index in [4.69, 9.17) is 5.11 Å². The Hall–Kier alpha value is -1.02. The minimum Gasteiger partial charge on any atom is -0.396 e. The maximum absolute atomic E-state index is 9.12. The van der Waals surface area contributed by atoms with Crippen molar-refractivity contribution in [3.8, 4) is 0 Å². The molecule has 0 spiro atoms. The summed E-state index contributed by atoms with van der Waals surface area (Å²) in [7, 11) is 0. The van der Waals surface area contributed by atoms with Gasteiger partial charge < -0.3 is 10.0 Å². The lowest BCUT2D eigenvalue weighted by atomic mass is 9.99. The van der Waals surface area contributed by atoms with E-state index in [2.05, 4.69) is 36.9 Å². The molecular weight excluding hydrogens is 186 g/mol. The lowest BCUT2D eigenvalue weighted by Crippen LogP contribution is -2.19. The van der Waals surface area contributed by atoms with Crippen molar-refractivity contribution in [2.45, 2.75) is 26.2 Å². The Morgan fingerprint density at radius 2 is 2.27 bits per heavy atom. The molecule has 1 aliphatic rings. The topological polar surface area (TPSA) is 23.5 Å². The molecule has 1 atom stereocenters. The van der Waals surface area contributed by atoms with Crippen LogP contribution >= 0.6 is 0 Å². The first-order chi connectivity index (χ1) is 7.26. The van der Waals surface area contributed by atoms with Gasteiger partial charge in [0.25, 0.3) is 0 Å². The van der Waals surface area contributed by atoms with E-state index >= 15 is 0 Å². The quantitative estimate of drug-likeness (QED) is 0.817. The SMILES string of the molecule is CCN1CCc2cc(C(C)CO)ccc21. The predicted octanol–water partition coefficient (Wildman–Crippen LogP) is 2.16. The highest BCUT2D eigenvalue weighted by Gasteiger charge is 2.18. The molecule has 2 heteroatoms. The van der Waals surface area contributed by atoms with Crippen LogP contribution < -0.4 is 4.90 Å². The number of hydrogen-bond donors (Lipinski definition) is 1. The lowest BCUT2D eigenvalue weighted by Gasteiger charge is -2.17. The number of fused-ring (bicyclic) bond motifs is 1. The van der Waals surface area contributed by atoms with Crippen molar-refractivity contribution in [1.29, 1.82) is 0 Å². The maximum Gasteiger partial charge on any atom is 0.0497 e. The number of aliphatic hydroxyl groups is 1. The third-order valence-corrected chi connectivity index (χ3v) is 3.32. The second-order valence-corrected chi connectivity index (χ2v) is 4.30. The highest BCUT2D eigenvalue weighted by atomic mass is 16.3. The average Bonchev–Trinajstić information content (AvgIpc) is 2.69. The third-order valence-electron chi connectivity index (χ3n) is 3.32. The molecule has 1 heterocycles. The molecule has 1 unspecified atom stereocenters. The molecule has 0 aromatic heterocycles. The second kappa shape index (κ2) is 4.23. The number of anilines is 1. The minimum atomic E-state index is 0.232. The van der Waals surface area contributed by atoms with E-state index in [0.29, 0.717) is 0 Å². The van der Waals surface area contributed by atoms with Crippen LogP contribution in [-0.2, 0) is 6.42 Å². The molecule has 0 amide bonds. The summed E-state index contributed by atoms with van der Waals surface area (Å²) in [5, 5.41) is 9.12. The van der Waals surface area contributed by atoms with E-state index in [-0.39, 0.29) is 12.5 Å². The van der Waals surface area contributed by atoms with E-state index in [9.17, 15) is 0 Å². The number of benzene rings is 1. The average molecular weight is 205 g/mol. The lowest BCUT2D eigenvalue weighted by molar-refractivity contribution is 0.273. The molecule has 0 fully saturated rings. The first kappa shape index (κ1) is 10.5. The van der Waals surface area contributed by atoms with Gasteiger partial charge in [-0.3, -0.25) is 0 Å². The van der Waals surface area contributed by atoms with Gasteiger partial charge in [-0.25, -0.2) is 0 Å². The van der Waals surface area contributed by atoms with E-state index in [1.54, 1.807) is 0 Å². The van der Waals surface area contributed by atoms with Crippen LogP contribution in [0.3, 0.4) is 0 Å². The molecule has 2 rings (SSSR count). The van der Waals surface area contributed by atoms with Crippen molar-refractivity contribution in [3.05, 3.63) is 29.3 Å². The molecule has 0 saturated carbocycles. The Bertz CT molecular complexity index is 348. The van der Waals surface area contributed by atoms with Gasteiger partial charge in [0.15, 0.2) is 0 Å². The molecule has 1 aromatic carbocycles. The van der Waals surface area contributed by atoms with Gasteiger partial charge in [-0.2, -0.15) is 0 Å². The molecule has 1 N–H and O–H groups in total. The molecule has 0 bridgehead atoms. The zero-order valence-corrected chi connectivity index (χ0v) is 9.53. The van der Waals surface area contributed by atoms with Crippen molar-refractivity contribution in [2.75, 3.05) is 24.6 Å². The number of hydrogen-bond acceptors (Lipinski definition) is 2. The van der Waals surface area contributed by atoms with E-state index in [0.717, 1.165) is 19.5 Å². The summed E-state index contributed by atoms with van der Waals surface area (Å²) >= 11 is 0. The number of aliphatic hydroxyl groups excluding tert-OH is 1. The third kappa shape index (κ3) is 1.86. The van der Waals surface area contributed by atoms with Crippen LogP contribution in [0.1, 0.15) is 30.9 Å². The van der Waals surface area contributed by atoms with Crippen molar-refractivity contribution in [1.82, 2.24) is 0 Å². The Morgan fingerprint density at radius 3 is 2.93 bits per heavy atom. The van der Waals surface area contributed by atoms with Crippen LogP contribution in [0.15, 0.2) is 18.2 Å². The highest BCUT2D eigenvalue weighted by Crippen LogP contribution is 2.30.